The number of hydrogen-bond donors (Lipinski definition) is 3. The van der Waals surface area contributed by atoms with Crippen molar-refractivity contribution in [3.8, 4) is 5.75 Å². The number of benzene rings is 2. The molecule has 0 aliphatic carbocycles. The molecule has 0 aromatic heterocycles. The highest BCUT2D eigenvalue weighted by Gasteiger charge is 2.22. The van der Waals surface area contributed by atoms with E-state index in [9.17, 15) is 23.1 Å². The fourth-order valence-corrected chi connectivity index (χ4v) is 3.81. The van der Waals surface area contributed by atoms with Gasteiger partial charge in [-0.1, -0.05) is 12.1 Å². The van der Waals surface area contributed by atoms with Crippen molar-refractivity contribution in [2.24, 2.45) is 5.73 Å². The highest BCUT2D eigenvalue weighted by atomic mass is 32.2. The summed E-state index contributed by atoms with van der Waals surface area (Å²) in [6.45, 7) is 3.71. The molecule has 0 aliphatic heterocycles. The van der Waals surface area contributed by atoms with Gasteiger partial charge in [0.15, 0.2) is 0 Å². The highest BCUT2D eigenvalue weighted by Crippen LogP contribution is 2.26. The van der Waals surface area contributed by atoms with Crippen LogP contribution in [-0.2, 0) is 21.1 Å². The average molecular weight is 376 g/mol. The first-order valence-corrected chi connectivity index (χ1v) is 9.23. The molecule has 26 heavy (non-hydrogen) atoms. The summed E-state index contributed by atoms with van der Waals surface area (Å²) in [6, 6.07) is 9.62. The monoisotopic (exact) mass is 376 g/mol. The lowest BCUT2D eigenvalue weighted by Crippen LogP contribution is -2.40. The first-order valence-electron chi connectivity index (χ1n) is 7.75. The summed E-state index contributed by atoms with van der Waals surface area (Å²) in [7, 11) is -3.87. The van der Waals surface area contributed by atoms with Crippen molar-refractivity contribution in [3.63, 3.8) is 0 Å². The lowest BCUT2D eigenvalue weighted by Gasteiger charge is -2.23. The van der Waals surface area contributed by atoms with Gasteiger partial charge >= 0.3 is 0 Å². The summed E-state index contributed by atoms with van der Waals surface area (Å²) >= 11 is 0. The zero-order valence-electron chi connectivity index (χ0n) is 14.4. The van der Waals surface area contributed by atoms with E-state index in [-0.39, 0.29) is 21.1 Å². The summed E-state index contributed by atoms with van der Waals surface area (Å²) in [5.74, 6) is -1.29. The maximum Gasteiger partial charge on any atom is 0.252 e. The highest BCUT2D eigenvalue weighted by molar-refractivity contribution is 7.91. The number of primary amides is 1. The zero-order chi connectivity index (χ0) is 19.5. The molecule has 4 N–H and O–H groups in total. The second-order valence-corrected chi connectivity index (χ2v) is 8.46. The van der Waals surface area contributed by atoms with Crippen LogP contribution < -0.4 is 11.1 Å². The Morgan fingerprint density at radius 3 is 2.27 bits per heavy atom. The fourth-order valence-electron chi connectivity index (χ4n) is 2.52. The summed E-state index contributed by atoms with van der Waals surface area (Å²) in [5.41, 5.74) is 5.28. The molecule has 2 aromatic rings. The molecule has 2 rings (SSSR count). The number of amides is 2. The van der Waals surface area contributed by atoms with Crippen LogP contribution in [0.1, 0.15) is 29.8 Å². The molecule has 2 aromatic carbocycles. The van der Waals surface area contributed by atoms with Crippen LogP contribution >= 0.6 is 0 Å². The third-order valence-corrected chi connectivity index (χ3v) is 5.64. The molecule has 0 saturated carbocycles. The van der Waals surface area contributed by atoms with E-state index < -0.39 is 21.3 Å². The van der Waals surface area contributed by atoms with Gasteiger partial charge in [0.05, 0.1) is 15.4 Å². The number of phenols is 1. The van der Waals surface area contributed by atoms with Crippen molar-refractivity contribution in [1.29, 1.82) is 0 Å². The number of sulfone groups is 1. The van der Waals surface area contributed by atoms with Crippen LogP contribution in [0.3, 0.4) is 0 Å². The topological polar surface area (TPSA) is 127 Å². The Balaban J connectivity index is 2.34. The van der Waals surface area contributed by atoms with Crippen LogP contribution in [0.2, 0.25) is 0 Å². The third kappa shape index (κ3) is 4.20. The van der Waals surface area contributed by atoms with Crippen LogP contribution in [-0.4, -0.2) is 31.4 Å². The standard InChI is InChI=1S/C18H20N2O5S/c1-18(2,20-11-21)10-12-3-5-13(6-4-12)26(24,25)14-7-8-16(22)15(9-14)17(19)23/h3-9,11,22H,10H2,1-2H3,(H2,19,23)(H,20,21). The molecule has 0 radical (unpaired) electrons. The number of aromatic hydroxyl groups is 1. The van der Waals surface area contributed by atoms with Crippen molar-refractivity contribution in [3.05, 3.63) is 53.6 Å². The summed E-state index contributed by atoms with van der Waals surface area (Å²) in [5, 5.41) is 12.3. The first-order chi connectivity index (χ1) is 12.1. The van der Waals surface area contributed by atoms with Crippen LogP contribution in [0, 0.1) is 0 Å². The van der Waals surface area contributed by atoms with E-state index in [1.165, 1.54) is 18.2 Å². The van der Waals surface area contributed by atoms with Gasteiger partial charge < -0.3 is 16.2 Å². The normalized spacial score (nSPS) is 11.8. The third-order valence-electron chi connectivity index (χ3n) is 3.87. The smallest absolute Gasteiger partial charge is 0.252 e. The Kier molecular flexibility index (Phi) is 5.36. The fraction of sp³-hybridized carbons (Fsp3) is 0.222. The predicted octanol–water partition coefficient (Wildman–Crippen LogP) is 1.39. The molecular formula is C18H20N2O5S. The average Bonchev–Trinajstić information content (AvgIpc) is 2.54. The molecule has 138 valence electrons. The molecule has 0 unspecified atom stereocenters. The first kappa shape index (κ1) is 19.5. The summed E-state index contributed by atoms with van der Waals surface area (Å²) in [6.07, 6.45) is 1.15. The minimum absolute atomic E-state index is 0.0449. The van der Waals surface area contributed by atoms with Gasteiger partial charge in [0.1, 0.15) is 5.75 Å². The molecule has 8 heteroatoms. The molecule has 0 bridgehead atoms. The second kappa shape index (κ2) is 7.17. The van der Waals surface area contributed by atoms with Gasteiger partial charge in [-0.3, -0.25) is 9.59 Å². The van der Waals surface area contributed by atoms with Crippen LogP contribution in [0.4, 0.5) is 0 Å². The molecule has 0 heterocycles. The lowest BCUT2D eigenvalue weighted by atomic mass is 9.95. The molecule has 7 nitrogen and oxygen atoms in total. The maximum atomic E-state index is 12.7. The Labute approximate surface area is 151 Å². The molecule has 2 amide bonds. The van der Waals surface area contributed by atoms with Gasteiger partial charge in [0, 0.05) is 5.54 Å². The minimum atomic E-state index is -3.87. The van der Waals surface area contributed by atoms with Gasteiger partial charge in [0.25, 0.3) is 5.91 Å². The van der Waals surface area contributed by atoms with Crippen molar-refractivity contribution in [1.82, 2.24) is 5.32 Å². The van der Waals surface area contributed by atoms with Crippen LogP contribution in [0.15, 0.2) is 52.3 Å². The maximum absolute atomic E-state index is 12.7. The number of rotatable bonds is 7. The lowest BCUT2D eigenvalue weighted by molar-refractivity contribution is -0.110. The molecular weight excluding hydrogens is 356 g/mol. The SMILES string of the molecule is CC(C)(Cc1ccc(S(=O)(=O)c2ccc(O)c(C(N)=O)c2)cc1)NC=O. The molecule has 0 fully saturated rings. The van der Waals surface area contributed by atoms with E-state index in [0.717, 1.165) is 17.7 Å². The number of carbonyl (C=O) groups excluding carboxylic acids is 2. The van der Waals surface area contributed by atoms with Crippen LogP contribution in [0.5, 0.6) is 5.75 Å². The Bertz CT molecular complexity index is 935. The van der Waals surface area contributed by atoms with E-state index in [1.807, 2.05) is 13.8 Å². The van der Waals surface area contributed by atoms with Crippen molar-refractivity contribution in [2.75, 3.05) is 0 Å². The van der Waals surface area contributed by atoms with E-state index in [2.05, 4.69) is 5.32 Å². The van der Waals surface area contributed by atoms with Crippen molar-refractivity contribution >= 4 is 22.2 Å². The Morgan fingerprint density at radius 1 is 1.15 bits per heavy atom. The number of hydrogen-bond acceptors (Lipinski definition) is 5. The Hall–Kier alpha value is -2.87. The van der Waals surface area contributed by atoms with E-state index in [4.69, 9.17) is 5.73 Å². The van der Waals surface area contributed by atoms with Crippen LogP contribution in [0.25, 0.3) is 0 Å². The molecule has 0 atom stereocenters. The second-order valence-electron chi connectivity index (χ2n) is 6.51. The van der Waals surface area contributed by atoms with Gasteiger partial charge in [-0.25, -0.2) is 8.42 Å². The van der Waals surface area contributed by atoms with Crippen molar-refractivity contribution in [2.45, 2.75) is 35.6 Å². The van der Waals surface area contributed by atoms with Gasteiger partial charge in [-0.15, -0.1) is 0 Å². The minimum Gasteiger partial charge on any atom is -0.507 e. The summed E-state index contributed by atoms with van der Waals surface area (Å²) < 4.78 is 25.5. The Morgan fingerprint density at radius 2 is 1.73 bits per heavy atom. The number of nitrogens with one attached hydrogen (secondary N) is 1. The zero-order valence-corrected chi connectivity index (χ0v) is 15.2. The molecule has 0 saturated heterocycles. The van der Waals surface area contributed by atoms with E-state index in [1.54, 1.807) is 12.1 Å². The predicted molar refractivity (Wildman–Crippen MR) is 95.5 cm³/mol. The molecule has 0 aliphatic rings. The van der Waals surface area contributed by atoms with Crippen molar-refractivity contribution < 1.29 is 23.1 Å². The van der Waals surface area contributed by atoms with Gasteiger partial charge in [-0.05, 0) is 56.2 Å². The van der Waals surface area contributed by atoms with Gasteiger partial charge in [0.2, 0.25) is 16.2 Å². The van der Waals surface area contributed by atoms with E-state index >= 15 is 0 Å². The number of nitrogens with two attached hydrogens (primary N) is 1. The largest absolute Gasteiger partial charge is 0.507 e. The molecule has 0 spiro atoms. The summed E-state index contributed by atoms with van der Waals surface area (Å²) in [4.78, 5) is 21.8. The quantitative estimate of drug-likeness (QED) is 0.630. The van der Waals surface area contributed by atoms with Gasteiger partial charge in [-0.2, -0.15) is 0 Å². The van der Waals surface area contributed by atoms with E-state index in [0.29, 0.717) is 12.8 Å². The number of carbonyl (C=O) groups is 2.